The first kappa shape index (κ1) is 11.4. The van der Waals surface area contributed by atoms with E-state index in [1.54, 1.807) is 0 Å². The number of nitrogens with zero attached hydrogens (tertiary/aromatic N) is 1. The predicted octanol–water partition coefficient (Wildman–Crippen LogP) is 1.20. The predicted molar refractivity (Wildman–Crippen MR) is 58.6 cm³/mol. The van der Waals surface area contributed by atoms with Gasteiger partial charge in [0.05, 0.1) is 13.0 Å². The number of amides is 1. The summed E-state index contributed by atoms with van der Waals surface area (Å²) in [7, 11) is 1.41. The SMILES string of the molecule is COC(=O)[C@@H]1CC[C@@H]2CC(C)(C)C(=O)N2C1. The summed E-state index contributed by atoms with van der Waals surface area (Å²) in [5.41, 5.74) is -0.254. The van der Waals surface area contributed by atoms with Crippen LogP contribution in [0, 0.1) is 11.3 Å². The number of hydrogen-bond acceptors (Lipinski definition) is 3. The zero-order valence-electron chi connectivity index (χ0n) is 10.2. The molecule has 4 heteroatoms. The fourth-order valence-corrected chi connectivity index (χ4v) is 2.91. The number of fused-ring (bicyclic) bond motifs is 1. The summed E-state index contributed by atoms with van der Waals surface area (Å²) >= 11 is 0. The average Bonchev–Trinajstić information content (AvgIpc) is 2.48. The van der Waals surface area contributed by atoms with Crippen molar-refractivity contribution in [3.8, 4) is 0 Å². The van der Waals surface area contributed by atoms with Gasteiger partial charge in [-0.1, -0.05) is 13.8 Å². The number of esters is 1. The molecule has 0 saturated carbocycles. The molecule has 0 aromatic carbocycles. The fraction of sp³-hybridized carbons (Fsp3) is 0.833. The van der Waals surface area contributed by atoms with Crippen LogP contribution in [0.25, 0.3) is 0 Å². The number of rotatable bonds is 1. The second-order valence-corrected chi connectivity index (χ2v) is 5.50. The Morgan fingerprint density at radius 1 is 1.44 bits per heavy atom. The van der Waals surface area contributed by atoms with Crippen LogP contribution in [-0.2, 0) is 14.3 Å². The molecule has 0 unspecified atom stereocenters. The molecule has 0 N–H and O–H groups in total. The molecule has 2 heterocycles. The molecule has 2 fully saturated rings. The van der Waals surface area contributed by atoms with E-state index in [1.807, 2.05) is 18.7 Å². The largest absolute Gasteiger partial charge is 0.469 e. The van der Waals surface area contributed by atoms with Crippen molar-refractivity contribution in [3.05, 3.63) is 0 Å². The summed E-state index contributed by atoms with van der Waals surface area (Å²) in [5, 5.41) is 0. The fourth-order valence-electron chi connectivity index (χ4n) is 2.91. The van der Waals surface area contributed by atoms with Gasteiger partial charge in [-0.15, -0.1) is 0 Å². The van der Waals surface area contributed by atoms with Gasteiger partial charge in [0.25, 0.3) is 0 Å². The van der Waals surface area contributed by atoms with E-state index in [0.717, 1.165) is 19.3 Å². The van der Waals surface area contributed by atoms with E-state index in [0.29, 0.717) is 12.6 Å². The van der Waals surface area contributed by atoms with Gasteiger partial charge in [0.1, 0.15) is 0 Å². The number of carbonyl (C=O) groups is 2. The van der Waals surface area contributed by atoms with Crippen molar-refractivity contribution < 1.29 is 14.3 Å². The molecule has 2 rings (SSSR count). The Kier molecular flexibility index (Phi) is 2.68. The monoisotopic (exact) mass is 225 g/mol. The van der Waals surface area contributed by atoms with Gasteiger partial charge in [-0.25, -0.2) is 0 Å². The highest BCUT2D eigenvalue weighted by Gasteiger charge is 2.48. The molecular weight excluding hydrogens is 206 g/mol. The van der Waals surface area contributed by atoms with Crippen LogP contribution in [-0.4, -0.2) is 36.5 Å². The third kappa shape index (κ3) is 1.70. The van der Waals surface area contributed by atoms with Crippen molar-refractivity contribution in [3.63, 3.8) is 0 Å². The Hall–Kier alpha value is -1.06. The summed E-state index contributed by atoms with van der Waals surface area (Å²) < 4.78 is 4.75. The topological polar surface area (TPSA) is 46.6 Å². The van der Waals surface area contributed by atoms with Crippen LogP contribution in [0.4, 0.5) is 0 Å². The highest BCUT2D eigenvalue weighted by Crippen LogP contribution is 2.40. The maximum absolute atomic E-state index is 12.1. The van der Waals surface area contributed by atoms with Gasteiger partial charge in [-0.05, 0) is 19.3 Å². The van der Waals surface area contributed by atoms with Crippen molar-refractivity contribution in [1.29, 1.82) is 0 Å². The Labute approximate surface area is 95.9 Å². The summed E-state index contributed by atoms with van der Waals surface area (Å²) in [6, 6.07) is 0.336. The molecule has 0 aliphatic carbocycles. The van der Waals surface area contributed by atoms with Crippen LogP contribution in [0.2, 0.25) is 0 Å². The average molecular weight is 225 g/mol. The molecule has 0 aromatic rings. The zero-order valence-corrected chi connectivity index (χ0v) is 10.2. The lowest BCUT2D eigenvalue weighted by Gasteiger charge is -2.33. The lowest BCUT2D eigenvalue weighted by Crippen LogP contribution is -2.45. The molecule has 0 bridgehead atoms. The first-order chi connectivity index (χ1) is 7.45. The second kappa shape index (κ2) is 3.75. The minimum absolute atomic E-state index is 0.126. The third-order valence-corrected chi connectivity index (χ3v) is 3.83. The molecule has 0 aromatic heterocycles. The van der Waals surface area contributed by atoms with E-state index in [2.05, 4.69) is 0 Å². The lowest BCUT2D eigenvalue weighted by molar-refractivity contribution is -0.149. The third-order valence-electron chi connectivity index (χ3n) is 3.83. The molecule has 0 radical (unpaired) electrons. The molecule has 2 atom stereocenters. The molecule has 90 valence electrons. The first-order valence-electron chi connectivity index (χ1n) is 5.84. The Balaban J connectivity index is 2.10. The van der Waals surface area contributed by atoms with E-state index in [1.165, 1.54) is 7.11 Å². The maximum Gasteiger partial charge on any atom is 0.310 e. The minimum atomic E-state index is -0.254. The van der Waals surface area contributed by atoms with Gasteiger partial charge in [0, 0.05) is 18.0 Å². The van der Waals surface area contributed by atoms with E-state index in [9.17, 15) is 9.59 Å². The van der Waals surface area contributed by atoms with Gasteiger partial charge >= 0.3 is 5.97 Å². The van der Waals surface area contributed by atoms with Crippen LogP contribution in [0.15, 0.2) is 0 Å². The van der Waals surface area contributed by atoms with E-state index in [4.69, 9.17) is 4.74 Å². The smallest absolute Gasteiger partial charge is 0.310 e. The Morgan fingerprint density at radius 2 is 2.12 bits per heavy atom. The van der Waals surface area contributed by atoms with Crippen molar-refractivity contribution in [1.82, 2.24) is 4.90 Å². The number of hydrogen-bond donors (Lipinski definition) is 0. The molecule has 2 aliphatic heterocycles. The second-order valence-electron chi connectivity index (χ2n) is 5.50. The Morgan fingerprint density at radius 3 is 2.75 bits per heavy atom. The quantitative estimate of drug-likeness (QED) is 0.630. The number of carbonyl (C=O) groups excluding carboxylic acids is 2. The van der Waals surface area contributed by atoms with Gasteiger partial charge in [-0.3, -0.25) is 9.59 Å². The van der Waals surface area contributed by atoms with Crippen LogP contribution >= 0.6 is 0 Å². The van der Waals surface area contributed by atoms with E-state index < -0.39 is 0 Å². The number of piperidine rings is 1. The zero-order chi connectivity index (χ0) is 11.9. The van der Waals surface area contributed by atoms with E-state index >= 15 is 0 Å². The summed E-state index contributed by atoms with van der Waals surface area (Å²) in [4.78, 5) is 25.4. The molecule has 1 amide bonds. The highest BCUT2D eigenvalue weighted by molar-refractivity contribution is 5.85. The summed E-state index contributed by atoms with van der Waals surface area (Å²) in [6.07, 6.45) is 2.69. The highest BCUT2D eigenvalue weighted by atomic mass is 16.5. The van der Waals surface area contributed by atoms with Crippen LogP contribution < -0.4 is 0 Å². The van der Waals surface area contributed by atoms with Crippen LogP contribution in [0.3, 0.4) is 0 Å². The minimum Gasteiger partial charge on any atom is -0.469 e. The molecule has 2 saturated heterocycles. The van der Waals surface area contributed by atoms with Crippen LogP contribution in [0.5, 0.6) is 0 Å². The van der Waals surface area contributed by atoms with Crippen molar-refractivity contribution in [2.24, 2.45) is 11.3 Å². The number of ether oxygens (including phenoxy) is 1. The van der Waals surface area contributed by atoms with Crippen molar-refractivity contribution in [2.75, 3.05) is 13.7 Å². The lowest BCUT2D eigenvalue weighted by atomic mass is 9.87. The van der Waals surface area contributed by atoms with Gasteiger partial charge in [0.2, 0.25) is 5.91 Å². The molecule has 0 spiro atoms. The van der Waals surface area contributed by atoms with Crippen molar-refractivity contribution >= 4 is 11.9 Å². The number of methoxy groups -OCH3 is 1. The van der Waals surface area contributed by atoms with Crippen LogP contribution in [0.1, 0.15) is 33.1 Å². The molecule has 2 aliphatic rings. The summed E-state index contributed by atoms with van der Waals surface area (Å²) in [5.74, 6) is -0.124. The van der Waals surface area contributed by atoms with E-state index in [-0.39, 0.29) is 23.2 Å². The molecule has 16 heavy (non-hydrogen) atoms. The van der Waals surface area contributed by atoms with Crippen molar-refractivity contribution in [2.45, 2.75) is 39.2 Å². The molecule has 4 nitrogen and oxygen atoms in total. The standard InChI is InChI=1S/C12H19NO3/c1-12(2)6-9-5-4-8(10(14)16-3)7-13(9)11(12)15/h8-9H,4-7H2,1-3H3/t8-,9-/m1/s1. The molecular formula is C12H19NO3. The van der Waals surface area contributed by atoms with Gasteiger partial charge in [-0.2, -0.15) is 0 Å². The maximum atomic E-state index is 12.1. The normalized spacial score (nSPS) is 32.4. The van der Waals surface area contributed by atoms with Gasteiger partial charge in [0.15, 0.2) is 0 Å². The van der Waals surface area contributed by atoms with Gasteiger partial charge < -0.3 is 9.64 Å². The Bertz CT molecular complexity index is 324. The summed E-state index contributed by atoms with van der Waals surface area (Å²) in [6.45, 7) is 4.52. The first-order valence-corrected chi connectivity index (χ1v) is 5.84.